The number of rotatable bonds is 4. The first-order valence-electron chi connectivity index (χ1n) is 8.89. The van der Waals surface area contributed by atoms with Gasteiger partial charge in [-0.2, -0.15) is 0 Å². The van der Waals surface area contributed by atoms with Crippen LogP contribution < -0.4 is 10.2 Å². The van der Waals surface area contributed by atoms with Crippen LogP contribution in [0.4, 0.5) is 10.6 Å². The average Bonchev–Trinajstić information content (AvgIpc) is 3.37. The van der Waals surface area contributed by atoms with E-state index in [0.29, 0.717) is 13.1 Å². The molecule has 3 aromatic heterocycles. The van der Waals surface area contributed by atoms with Gasteiger partial charge in [0.2, 0.25) is 0 Å². The number of piperazine rings is 1. The van der Waals surface area contributed by atoms with Crippen molar-refractivity contribution in [2.75, 3.05) is 31.1 Å². The summed E-state index contributed by atoms with van der Waals surface area (Å²) in [4.78, 5) is 22.1. The molecule has 1 saturated heterocycles. The summed E-state index contributed by atoms with van der Waals surface area (Å²) in [5.74, 6) is 0.917. The minimum Gasteiger partial charge on any atom is -0.352 e. The summed E-state index contributed by atoms with van der Waals surface area (Å²) in [6, 6.07) is 8.16. The minimum absolute atomic E-state index is 0.0166. The summed E-state index contributed by atoms with van der Waals surface area (Å²) < 4.78 is 1.78. The zero-order chi connectivity index (χ0) is 17.9. The Labute approximate surface area is 156 Å². The number of nitrogens with zero attached hydrogens (tertiary/aromatic N) is 5. The topological polar surface area (TPSA) is 65.8 Å². The molecule has 0 saturated carbocycles. The molecule has 0 radical (unpaired) electrons. The van der Waals surface area contributed by atoms with E-state index in [1.165, 1.54) is 4.88 Å². The van der Waals surface area contributed by atoms with Gasteiger partial charge in [-0.1, -0.05) is 13.0 Å². The molecule has 1 aliphatic rings. The van der Waals surface area contributed by atoms with Gasteiger partial charge in [0.15, 0.2) is 5.65 Å². The average molecular weight is 370 g/mol. The Morgan fingerprint density at radius 3 is 2.85 bits per heavy atom. The van der Waals surface area contributed by atoms with Crippen LogP contribution in [-0.2, 0) is 0 Å². The highest BCUT2D eigenvalue weighted by molar-refractivity contribution is 7.10. The molecule has 8 heteroatoms. The zero-order valence-corrected chi connectivity index (χ0v) is 15.5. The third-order valence-corrected chi connectivity index (χ3v) is 5.71. The summed E-state index contributed by atoms with van der Waals surface area (Å²) in [5.41, 5.74) is 0.839. The molecule has 136 valence electrons. The first-order valence-corrected chi connectivity index (χ1v) is 9.77. The van der Waals surface area contributed by atoms with Crippen molar-refractivity contribution in [3.8, 4) is 0 Å². The van der Waals surface area contributed by atoms with Gasteiger partial charge >= 0.3 is 6.03 Å². The van der Waals surface area contributed by atoms with Gasteiger partial charge in [0.1, 0.15) is 5.82 Å². The lowest BCUT2D eigenvalue weighted by atomic mass is 10.2. The normalized spacial score (nSPS) is 16.0. The van der Waals surface area contributed by atoms with Gasteiger partial charge in [0.25, 0.3) is 0 Å². The molecule has 2 amide bonds. The van der Waals surface area contributed by atoms with Gasteiger partial charge in [-0.25, -0.2) is 14.3 Å². The van der Waals surface area contributed by atoms with Gasteiger partial charge < -0.3 is 15.1 Å². The van der Waals surface area contributed by atoms with E-state index < -0.39 is 0 Å². The van der Waals surface area contributed by atoms with Crippen molar-refractivity contribution < 1.29 is 4.79 Å². The highest BCUT2D eigenvalue weighted by atomic mass is 32.1. The van der Waals surface area contributed by atoms with Gasteiger partial charge in [0, 0.05) is 43.4 Å². The molecule has 7 nitrogen and oxygen atoms in total. The monoisotopic (exact) mass is 370 g/mol. The number of imidazole rings is 1. The first-order chi connectivity index (χ1) is 12.7. The molecular formula is C18H22N6OS. The molecule has 3 aromatic rings. The Hall–Kier alpha value is -2.61. The van der Waals surface area contributed by atoms with Gasteiger partial charge in [0.05, 0.1) is 6.04 Å². The maximum absolute atomic E-state index is 12.6. The first kappa shape index (κ1) is 16.8. The number of aromatic nitrogens is 3. The molecule has 1 aliphatic heterocycles. The van der Waals surface area contributed by atoms with E-state index in [2.05, 4.69) is 33.3 Å². The number of carbonyl (C=O) groups is 1. The van der Waals surface area contributed by atoms with Crippen molar-refractivity contribution >= 4 is 28.8 Å². The zero-order valence-electron chi connectivity index (χ0n) is 14.7. The molecule has 1 fully saturated rings. The highest BCUT2D eigenvalue weighted by Gasteiger charge is 2.24. The summed E-state index contributed by atoms with van der Waals surface area (Å²) in [7, 11) is 0. The number of urea groups is 1. The Morgan fingerprint density at radius 2 is 2.12 bits per heavy atom. The number of nitrogens with one attached hydrogen (secondary N) is 1. The van der Waals surface area contributed by atoms with Crippen LogP contribution in [0.25, 0.3) is 5.65 Å². The summed E-state index contributed by atoms with van der Waals surface area (Å²) in [6.07, 6.45) is 4.48. The van der Waals surface area contributed by atoms with Crippen LogP contribution in [0, 0.1) is 0 Å². The third kappa shape index (κ3) is 3.37. The van der Waals surface area contributed by atoms with Crippen LogP contribution >= 0.6 is 11.3 Å². The van der Waals surface area contributed by atoms with E-state index in [1.54, 1.807) is 22.0 Å². The SMILES string of the molecule is CC[C@@H](NC(=O)N1CCN(c2ccc3nccn3n2)CC1)c1cccs1. The van der Waals surface area contributed by atoms with Gasteiger partial charge in [-0.15, -0.1) is 16.4 Å². The van der Waals surface area contributed by atoms with E-state index in [-0.39, 0.29) is 12.1 Å². The van der Waals surface area contributed by atoms with Crippen molar-refractivity contribution in [1.82, 2.24) is 24.8 Å². The number of hydrogen-bond donors (Lipinski definition) is 1. The van der Waals surface area contributed by atoms with E-state index in [9.17, 15) is 4.79 Å². The molecule has 4 heterocycles. The quantitative estimate of drug-likeness (QED) is 0.767. The summed E-state index contributed by atoms with van der Waals surface area (Å²) in [6.45, 7) is 5.03. The lowest BCUT2D eigenvalue weighted by Crippen LogP contribution is -2.52. The molecule has 0 unspecified atom stereocenters. The van der Waals surface area contributed by atoms with Crippen molar-refractivity contribution in [1.29, 1.82) is 0 Å². The van der Waals surface area contributed by atoms with Crippen LogP contribution in [-0.4, -0.2) is 51.7 Å². The number of fused-ring (bicyclic) bond motifs is 1. The van der Waals surface area contributed by atoms with Crippen LogP contribution in [0.3, 0.4) is 0 Å². The van der Waals surface area contributed by atoms with Crippen LogP contribution in [0.1, 0.15) is 24.3 Å². The van der Waals surface area contributed by atoms with Crippen molar-refractivity contribution in [3.63, 3.8) is 0 Å². The number of hydrogen-bond acceptors (Lipinski definition) is 5. The fourth-order valence-electron chi connectivity index (χ4n) is 3.22. The minimum atomic E-state index is 0.0166. The molecule has 0 bridgehead atoms. The van der Waals surface area contributed by atoms with Crippen molar-refractivity contribution in [2.24, 2.45) is 0 Å². The predicted molar refractivity (Wildman–Crippen MR) is 103 cm³/mol. The van der Waals surface area contributed by atoms with Crippen LogP contribution in [0.2, 0.25) is 0 Å². The highest BCUT2D eigenvalue weighted by Crippen LogP contribution is 2.22. The molecule has 0 spiro atoms. The van der Waals surface area contributed by atoms with Crippen molar-refractivity contribution in [2.45, 2.75) is 19.4 Å². The standard InChI is InChI=1S/C18H22N6OS/c1-2-14(15-4-3-13-26-15)20-18(25)23-11-9-22(10-12-23)17-6-5-16-19-7-8-24(16)21-17/h3-8,13-14H,2,9-12H2,1H3,(H,20,25)/t14-/m1/s1. The fourth-order valence-corrected chi connectivity index (χ4v) is 4.08. The van der Waals surface area contributed by atoms with Crippen LogP contribution in [0.15, 0.2) is 42.0 Å². The second kappa shape index (κ2) is 7.33. The smallest absolute Gasteiger partial charge is 0.318 e. The number of amides is 2. The van der Waals surface area contributed by atoms with Gasteiger partial charge in [-0.05, 0) is 30.0 Å². The van der Waals surface area contributed by atoms with E-state index in [4.69, 9.17) is 0 Å². The maximum atomic E-state index is 12.6. The largest absolute Gasteiger partial charge is 0.352 e. The Balaban J connectivity index is 1.36. The van der Waals surface area contributed by atoms with Gasteiger partial charge in [-0.3, -0.25) is 0 Å². The Kier molecular flexibility index (Phi) is 4.75. The predicted octanol–water partition coefficient (Wildman–Crippen LogP) is 2.77. The summed E-state index contributed by atoms with van der Waals surface area (Å²) >= 11 is 1.69. The maximum Gasteiger partial charge on any atom is 0.318 e. The Bertz CT molecular complexity index is 869. The number of thiophene rings is 1. The molecule has 0 aromatic carbocycles. The van der Waals surface area contributed by atoms with Crippen LogP contribution in [0.5, 0.6) is 0 Å². The summed E-state index contributed by atoms with van der Waals surface area (Å²) in [5, 5.41) is 9.80. The second-order valence-electron chi connectivity index (χ2n) is 6.32. The van der Waals surface area contributed by atoms with Crippen molar-refractivity contribution in [3.05, 3.63) is 46.9 Å². The Morgan fingerprint density at radius 1 is 1.27 bits per heavy atom. The molecule has 1 atom stereocenters. The molecule has 0 aliphatic carbocycles. The van der Waals surface area contributed by atoms with E-state index in [0.717, 1.165) is 31.0 Å². The molecule has 26 heavy (non-hydrogen) atoms. The molecule has 1 N–H and O–H groups in total. The third-order valence-electron chi connectivity index (χ3n) is 4.72. The number of carbonyl (C=O) groups excluding carboxylic acids is 1. The second-order valence-corrected chi connectivity index (χ2v) is 7.30. The number of anilines is 1. The lowest BCUT2D eigenvalue weighted by Gasteiger charge is -2.36. The molecule has 4 rings (SSSR count). The fraction of sp³-hybridized carbons (Fsp3) is 0.389. The van der Waals surface area contributed by atoms with E-state index >= 15 is 0 Å². The molecular weight excluding hydrogens is 348 g/mol. The lowest BCUT2D eigenvalue weighted by molar-refractivity contribution is 0.190. The van der Waals surface area contributed by atoms with E-state index in [1.807, 2.05) is 34.7 Å².